The lowest BCUT2D eigenvalue weighted by atomic mass is 9.98. The summed E-state index contributed by atoms with van der Waals surface area (Å²) in [5, 5.41) is -5.11. The lowest BCUT2D eigenvalue weighted by molar-refractivity contribution is -0.172. The molecule has 0 aliphatic heterocycles. The van der Waals surface area contributed by atoms with Crippen molar-refractivity contribution in [3.05, 3.63) is 0 Å². The molecule has 1 N–H and O–H groups in total. The standard InChI is InChI=1S/C11H14F2O7S/c12-11(13,21(16,17)18)10(15)19-5-9(14)20-8-4-6-1-2-7(8)3-6/h6-8H,1-5H2,(H,16,17,18)/t6?,7-,8?/m1/s1. The van der Waals surface area contributed by atoms with E-state index in [4.69, 9.17) is 9.29 Å². The maximum Gasteiger partial charge on any atom is 0.465 e. The molecule has 2 fully saturated rings. The number of alkyl halides is 2. The summed E-state index contributed by atoms with van der Waals surface area (Å²) in [6.07, 6.45) is 3.36. The normalized spacial score (nSPS) is 28.4. The van der Waals surface area contributed by atoms with E-state index in [9.17, 15) is 26.8 Å². The van der Waals surface area contributed by atoms with E-state index in [0.717, 1.165) is 19.3 Å². The van der Waals surface area contributed by atoms with Crippen molar-refractivity contribution in [2.24, 2.45) is 11.8 Å². The molecule has 120 valence electrons. The van der Waals surface area contributed by atoms with E-state index < -0.39 is 33.9 Å². The molecule has 2 bridgehead atoms. The van der Waals surface area contributed by atoms with Gasteiger partial charge in [-0.3, -0.25) is 4.55 Å². The van der Waals surface area contributed by atoms with Crippen LogP contribution in [0.1, 0.15) is 25.7 Å². The zero-order valence-electron chi connectivity index (χ0n) is 10.8. The van der Waals surface area contributed by atoms with E-state index in [0.29, 0.717) is 12.3 Å². The lowest BCUT2D eigenvalue weighted by Crippen LogP contribution is -2.40. The van der Waals surface area contributed by atoms with Gasteiger partial charge in [0.2, 0.25) is 0 Å². The first kappa shape index (κ1) is 16.1. The Labute approximate surface area is 119 Å². The van der Waals surface area contributed by atoms with E-state index in [-0.39, 0.29) is 12.0 Å². The van der Waals surface area contributed by atoms with E-state index in [2.05, 4.69) is 4.74 Å². The van der Waals surface area contributed by atoms with Crippen molar-refractivity contribution >= 4 is 22.1 Å². The zero-order chi connectivity index (χ0) is 15.8. The molecule has 0 radical (unpaired) electrons. The molecule has 2 aliphatic carbocycles. The fraction of sp³-hybridized carbons (Fsp3) is 0.818. The number of hydrogen-bond acceptors (Lipinski definition) is 6. The van der Waals surface area contributed by atoms with Crippen molar-refractivity contribution in [2.45, 2.75) is 37.0 Å². The molecule has 2 aliphatic rings. The first-order valence-corrected chi connectivity index (χ1v) is 7.77. The second-order valence-corrected chi connectivity index (χ2v) is 6.73. The van der Waals surface area contributed by atoms with Gasteiger partial charge < -0.3 is 9.47 Å². The molecular formula is C11H14F2O7S. The SMILES string of the molecule is O=C(COC(=O)C(F)(F)S(=O)(=O)O)OC1CC2CC[C@@H]1C2. The molecule has 0 saturated heterocycles. The quantitative estimate of drug-likeness (QED) is 0.586. The molecule has 2 unspecified atom stereocenters. The molecule has 0 aromatic rings. The van der Waals surface area contributed by atoms with Gasteiger partial charge in [-0.1, -0.05) is 0 Å². The highest BCUT2D eigenvalue weighted by Crippen LogP contribution is 2.45. The van der Waals surface area contributed by atoms with Crippen molar-refractivity contribution in [3.8, 4) is 0 Å². The Hall–Kier alpha value is -1.29. The number of carbonyl (C=O) groups excluding carboxylic acids is 2. The second-order valence-electron chi connectivity index (χ2n) is 5.27. The molecule has 10 heteroatoms. The summed E-state index contributed by atoms with van der Waals surface area (Å²) in [5.74, 6) is -2.80. The third-order valence-electron chi connectivity index (χ3n) is 3.84. The maximum atomic E-state index is 12.8. The summed E-state index contributed by atoms with van der Waals surface area (Å²) < 4.78 is 63.4. The van der Waals surface area contributed by atoms with Crippen LogP contribution in [0.15, 0.2) is 0 Å². The Bertz CT molecular complexity index is 545. The smallest absolute Gasteiger partial charge is 0.460 e. The van der Waals surface area contributed by atoms with Crippen LogP contribution in [0.3, 0.4) is 0 Å². The number of hydrogen-bond donors (Lipinski definition) is 1. The minimum Gasteiger partial charge on any atom is -0.460 e. The van der Waals surface area contributed by atoms with Crippen LogP contribution in [0.2, 0.25) is 0 Å². The molecule has 0 aromatic heterocycles. The van der Waals surface area contributed by atoms with Crippen LogP contribution in [-0.2, 0) is 29.2 Å². The Morgan fingerprint density at radius 3 is 2.38 bits per heavy atom. The largest absolute Gasteiger partial charge is 0.465 e. The van der Waals surface area contributed by atoms with Gasteiger partial charge in [0, 0.05) is 0 Å². The fourth-order valence-corrected chi connectivity index (χ4v) is 3.12. The van der Waals surface area contributed by atoms with Crippen molar-refractivity contribution in [1.29, 1.82) is 0 Å². The van der Waals surface area contributed by atoms with Crippen LogP contribution in [0.5, 0.6) is 0 Å². The highest BCUT2D eigenvalue weighted by atomic mass is 32.2. The van der Waals surface area contributed by atoms with Gasteiger partial charge in [-0.05, 0) is 37.5 Å². The summed E-state index contributed by atoms with van der Waals surface area (Å²) in [6.45, 7) is -1.13. The van der Waals surface area contributed by atoms with Crippen molar-refractivity contribution in [3.63, 3.8) is 0 Å². The van der Waals surface area contributed by atoms with Crippen molar-refractivity contribution in [1.82, 2.24) is 0 Å². The van der Waals surface area contributed by atoms with Gasteiger partial charge in [0.05, 0.1) is 0 Å². The highest BCUT2D eigenvalue weighted by Gasteiger charge is 2.54. The summed E-state index contributed by atoms with van der Waals surface area (Å²) >= 11 is 0. The van der Waals surface area contributed by atoms with Gasteiger partial charge in [0.25, 0.3) is 0 Å². The Kier molecular flexibility index (Phi) is 4.20. The molecule has 2 rings (SSSR count). The molecule has 0 aromatic carbocycles. The number of esters is 2. The van der Waals surface area contributed by atoms with E-state index >= 15 is 0 Å². The van der Waals surface area contributed by atoms with Crippen LogP contribution >= 0.6 is 0 Å². The monoisotopic (exact) mass is 328 g/mol. The van der Waals surface area contributed by atoms with Crippen LogP contribution in [-0.4, -0.2) is 42.9 Å². The number of ether oxygens (including phenoxy) is 2. The third kappa shape index (κ3) is 3.31. The summed E-state index contributed by atoms with van der Waals surface area (Å²) in [5.41, 5.74) is 0. The van der Waals surface area contributed by atoms with Crippen LogP contribution < -0.4 is 0 Å². The topological polar surface area (TPSA) is 107 Å². The van der Waals surface area contributed by atoms with Crippen LogP contribution in [0.4, 0.5) is 8.78 Å². The Morgan fingerprint density at radius 2 is 1.90 bits per heavy atom. The molecule has 0 spiro atoms. The summed E-state index contributed by atoms with van der Waals surface area (Å²) in [6, 6.07) is 0. The number of rotatable bonds is 5. The predicted octanol–water partition coefficient (Wildman–Crippen LogP) is 0.742. The van der Waals surface area contributed by atoms with Gasteiger partial charge in [0.1, 0.15) is 6.10 Å². The molecular weight excluding hydrogens is 314 g/mol. The van der Waals surface area contributed by atoms with Gasteiger partial charge in [-0.2, -0.15) is 17.2 Å². The van der Waals surface area contributed by atoms with Gasteiger partial charge in [-0.15, -0.1) is 0 Å². The van der Waals surface area contributed by atoms with Crippen LogP contribution in [0, 0.1) is 11.8 Å². The van der Waals surface area contributed by atoms with E-state index in [1.807, 2.05) is 0 Å². The average Bonchev–Trinajstić information content (AvgIpc) is 2.96. The van der Waals surface area contributed by atoms with E-state index in [1.165, 1.54) is 0 Å². The Morgan fingerprint density at radius 1 is 1.24 bits per heavy atom. The minimum absolute atomic E-state index is 0.244. The second kappa shape index (κ2) is 5.48. The molecule has 2 saturated carbocycles. The first-order valence-electron chi connectivity index (χ1n) is 6.33. The average molecular weight is 328 g/mol. The fourth-order valence-electron chi connectivity index (χ4n) is 2.85. The van der Waals surface area contributed by atoms with Crippen molar-refractivity contribution < 1.29 is 40.8 Å². The molecule has 0 heterocycles. The minimum atomic E-state index is -5.94. The highest BCUT2D eigenvalue weighted by molar-refractivity contribution is 7.87. The number of fused-ring (bicyclic) bond motifs is 2. The van der Waals surface area contributed by atoms with Gasteiger partial charge >= 0.3 is 27.3 Å². The lowest BCUT2D eigenvalue weighted by Gasteiger charge is -2.21. The molecule has 0 amide bonds. The van der Waals surface area contributed by atoms with Gasteiger partial charge in [-0.25, -0.2) is 9.59 Å². The Balaban J connectivity index is 1.80. The predicted molar refractivity (Wildman–Crippen MR) is 62.8 cm³/mol. The van der Waals surface area contributed by atoms with Crippen LogP contribution in [0.25, 0.3) is 0 Å². The molecule has 7 nitrogen and oxygen atoms in total. The summed E-state index contributed by atoms with van der Waals surface area (Å²) in [4.78, 5) is 22.3. The number of carbonyl (C=O) groups is 2. The first-order chi connectivity index (χ1) is 9.61. The maximum absolute atomic E-state index is 12.8. The zero-order valence-corrected chi connectivity index (χ0v) is 11.6. The molecule has 21 heavy (non-hydrogen) atoms. The van der Waals surface area contributed by atoms with Gasteiger partial charge in [0.15, 0.2) is 6.61 Å². The third-order valence-corrected chi connectivity index (χ3v) is 4.65. The van der Waals surface area contributed by atoms with Crippen molar-refractivity contribution in [2.75, 3.05) is 6.61 Å². The number of halogens is 2. The summed E-state index contributed by atoms with van der Waals surface area (Å²) in [7, 11) is -5.94. The molecule has 3 atom stereocenters. The van der Waals surface area contributed by atoms with E-state index in [1.54, 1.807) is 0 Å².